The number of nitrogens with zero attached hydrogens (tertiary/aromatic N) is 2. The maximum absolute atomic E-state index is 13.5. The molecule has 4 rings (SSSR count). The van der Waals surface area contributed by atoms with Crippen LogP contribution >= 0.6 is 22.9 Å². The molecule has 0 aliphatic heterocycles. The smallest absolute Gasteiger partial charge is 0.162 e. The minimum Gasteiger partial charge on any atom is -0.340 e. The first-order valence-corrected chi connectivity index (χ1v) is 13.3. The number of benzene rings is 1. The fraction of sp³-hybridized carbons (Fsp3) is 0.429. The normalized spacial score (nSPS) is 17.5. The second-order valence-corrected chi connectivity index (χ2v) is 11.8. The van der Waals surface area contributed by atoms with Crippen LogP contribution in [0.15, 0.2) is 24.5 Å². The molecular formula is C21H24ClFN4O2S2. The van der Waals surface area contributed by atoms with Crippen molar-refractivity contribution in [1.82, 2.24) is 15.3 Å². The number of aryl methyl sites for hydroxylation is 1. The van der Waals surface area contributed by atoms with E-state index in [4.69, 9.17) is 11.6 Å². The zero-order valence-corrected chi connectivity index (χ0v) is 19.7. The fourth-order valence-corrected chi connectivity index (χ4v) is 5.78. The number of rotatable bonds is 7. The van der Waals surface area contributed by atoms with E-state index >= 15 is 0 Å². The van der Waals surface area contributed by atoms with Crippen LogP contribution < -0.4 is 10.6 Å². The van der Waals surface area contributed by atoms with Gasteiger partial charge in [0, 0.05) is 16.8 Å². The number of thiophene rings is 1. The SMILES string of the molecule is CC(NCCC1CCc2c(sc3ncnc(Nc4ccc(F)c(Cl)c4)c23)C1)S(C)(=O)=O. The van der Waals surface area contributed by atoms with E-state index in [0.29, 0.717) is 24.0 Å². The van der Waals surface area contributed by atoms with Crippen molar-refractivity contribution in [2.45, 2.75) is 38.0 Å². The molecular weight excluding hydrogens is 459 g/mol. The van der Waals surface area contributed by atoms with Crippen LogP contribution in [0.2, 0.25) is 5.02 Å². The highest BCUT2D eigenvalue weighted by Gasteiger charge is 2.25. The predicted molar refractivity (Wildman–Crippen MR) is 125 cm³/mol. The van der Waals surface area contributed by atoms with Gasteiger partial charge < -0.3 is 10.6 Å². The Hall–Kier alpha value is -1.81. The monoisotopic (exact) mass is 482 g/mol. The van der Waals surface area contributed by atoms with Crippen molar-refractivity contribution in [3.8, 4) is 0 Å². The van der Waals surface area contributed by atoms with E-state index in [1.54, 1.807) is 30.4 Å². The molecule has 2 atom stereocenters. The first kappa shape index (κ1) is 22.4. The molecule has 2 N–H and O–H groups in total. The van der Waals surface area contributed by atoms with Gasteiger partial charge in [0.05, 0.1) is 10.4 Å². The van der Waals surface area contributed by atoms with Crippen LogP contribution in [0, 0.1) is 11.7 Å². The lowest BCUT2D eigenvalue weighted by Gasteiger charge is -2.23. The zero-order valence-electron chi connectivity index (χ0n) is 17.3. The van der Waals surface area contributed by atoms with Crippen molar-refractivity contribution >= 4 is 54.5 Å². The van der Waals surface area contributed by atoms with E-state index < -0.39 is 21.0 Å². The lowest BCUT2D eigenvalue weighted by atomic mass is 9.86. The Morgan fingerprint density at radius 3 is 2.90 bits per heavy atom. The summed E-state index contributed by atoms with van der Waals surface area (Å²) >= 11 is 7.59. The van der Waals surface area contributed by atoms with Gasteiger partial charge in [-0.2, -0.15) is 0 Å². The largest absolute Gasteiger partial charge is 0.340 e. The second-order valence-electron chi connectivity index (χ2n) is 7.98. The number of hydrogen-bond donors (Lipinski definition) is 2. The average Bonchev–Trinajstić information content (AvgIpc) is 3.08. The fourth-order valence-electron chi connectivity index (χ4n) is 3.87. The molecule has 0 saturated heterocycles. The number of fused-ring (bicyclic) bond motifs is 3. The van der Waals surface area contributed by atoms with Crippen LogP contribution in [0.5, 0.6) is 0 Å². The van der Waals surface area contributed by atoms with Crippen molar-refractivity contribution in [2.24, 2.45) is 5.92 Å². The molecule has 31 heavy (non-hydrogen) atoms. The highest BCUT2D eigenvalue weighted by molar-refractivity contribution is 7.91. The highest BCUT2D eigenvalue weighted by Crippen LogP contribution is 2.41. The molecule has 0 spiro atoms. The number of anilines is 2. The van der Waals surface area contributed by atoms with E-state index in [1.165, 1.54) is 29.1 Å². The molecule has 1 aliphatic carbocycles. The van der Waals surface area contributed by atoms with Crippen molar-refractivity contribution in [1.29, 1.82) is 0 Å². The second kappa shape index (κ2) is 8.97. The third kappa shape index (κ3) is 5.00. The standard InChI is InChI=1S/C21H24ClFN4O2S2/c1-12(31(2,28)29)24-8-7-13-3-5-15-18(9-13)30-21-19(15)20(25-11-26-21)27-14-4-6-17(23)16(22)10-14/h4,6,10-13,24H,3,5,7-9H2,1-2H3,(H,25,26,27). The molecule has 10 heteroatoms. The van der Waals surface area contributed by atoms with E-state index in [-0.39, 0.29) is 5.02 Å². The predicted octanol–water partition coefficient (Wildman–Crippen LogP) is 4.70. The molecule has 0 amide bonds. The summed E-state index contributed by atoms with van der Waals surface area (Å²) in [6, 6.07) is 4.51. The summed E-state index contributed by atoms with van der Waals surface area (Å²) < 4.78 is 36.6. The summed E-state index contributed by atoms with van der Waals surface area (Å²) in [4.78, 5) is 11.1. The third-order valence-electron chi connectivity index (χ3n) is 5.76. The molecule has 0 fully saturated rings. The molecule has 3 aromatic rings. The van der Waals surface area contributed by atoms with Gasteiger partial charge in [0.15, 0.2) is 9.84 Å². The van der Waals surface area contributed by atoms with E-state index in [2.05, 4.69) is 20.6 Å². The molecule has 1 aromatic carbocycles. The van der Waals surface area contributed by atoms with Gasteiger partial charge in [0.1, 0.15) is 28.2 Å². The molecule has 2 aromatic heterocycles. The van der Waals surface area contributed by atoms with Crippen LogP contribution in [-0.4, -0.2) is 36.6 Å². The molecule has 0 saturated carbocycles. The summed E-state index contributed by atoms with van der Waals surface area (Å²) in [6.07, 6.45) is 6.62. The first-order chi connectivity index (χ1) is 14.7. The van der Waals surface area contributed by atoms with Crippen molar-refractivity contribution < 1.29 is 12.8 Å². The molecule has 2 unspecified atom stereocenters. The van der Waals surface area contributed by atoms with Gasteiger partial charge in [-0.3, -0.25) is 0 Å². The Labute approximate surface area is 190 Å². The topological polar surface area (TPSA) is 84.0 Å². The Bertz CT molecular complexity index is 1220. The summed E-state index contributed by atoms with van der Waals surface area (Å²) in [5.74, 6) is 0.742. The molecule has 166 valence electrons. The van der Waals surface area contributed by atoms with Crippen molar-refractivity contribution in [3.05, 3.63) is 45.8 Å². The Morgan fingerprint density at radius 2 is 2.16 bits per heavy atom. The maximum Gasteiger partial charge on any atom is 0.162 e. The van der Waals surface area contributed by atoms with Crippen LogP contribution in [-0.2, 0) is 22.7 Å². The summed E-state index contributed by atoms with van der Waals surface area (Å²) in [6.45, 7) is 2.36. The minimum atomic E-state index is -3.07. The third-order valence-corrected chi connectivity index (χ3v) is 8.66. The number of halogens is 2. The van der Waals surface area contributed by atoms with Gasteiger partial charge in [-0.25, -0.2) is 22.8 Å². The minimum absolute atomic E-state index is 0.0595. The summed E-state index contributed by atoms with van der Waals surface area (Å²) in [5, 5.41) is 6.92. The van der Waals surface area contributed by atoms with E-state index in [0.717, 1.165) is 35.9 Å². The number of hydrogen-bond acceptors (Lipinski definition) is 7. The number of sulfone groups is 1. The lowest BCUT2D eigenvalue weighted by molar-refractivity contribution is 0.416. The van der Waals surface area contributed by atoms with Gasteiger partial charge in [0.2, 0.25) is 0 Å². The van der Waals surface area contributed by atoms with E-state index in [9.17, 15) is 12.8 Å². The van der Waals surface area contributed by atoms with Crippen LogP contribution in [0.4, 0.5) is 15.9 Å². The lowest BCUT2D eigenvalue weighted by Crippen LogP contribution is -2.34. The maximum atomic E-state index is 13.5. The average molecular weight is 483 g/mol. The van der Waals surface area contributed by atoms with Crippen LogP contribution in [0.1, 0.15) is 30.2 Å². The molecule has 6 nitrogen and oxygen atoms in total. The van der Waals surface area contributed by atoms with Gasteiger partial charge in [-0.05, 0) is 68.8 Å². The van der Waals surface area contributed by atoms with Gasteiger partial charge >= 0.3 is 0 Å². The first-order valence-electron chi connectivity index (χ1n) is 10.1. The van der Waals surface area contributed by atoms with Gasteiger partial charge in [0.25, 0.3) is 0 Å². The van der Waals surface area contributed by atoms with Crippen LogP contribution in [0.3, 0.4) is 0 Å². The van der Waals surface area contributed by atoms with Gasteiger partial charge in [-0.15, -0.1) is 11.3 Å². The molecule has 0 bridgehead atoms. The Kier molecular flexibility index (Phi) is 6.48. The number of aromatic nitrogens is 2. The van der Waals surface area contributed by atoms with Crippen molar-refractivity contribution in [3.63, 3.8) is 0 Å². The van der Waals surface area contributed by atoms with Gasteiger partial charge in [-0.1, -0.05) is 11.6 Å². The zero-order chi connectivity index (χ0) is 22.2. The summed E-state index contributed by atoms with van der Waals surface area (Å²) in [7, 11) is -3.07. The molecule has 1 aliphatic rings. The number of nitrogens with one attached hydrogen (secondary N) is 2. The Morgan fingerprint density at radius 1 is 1.35 bits per heavy atom. The van der Waals surface area contributed by atoms with Crippen molar-refractivity contribution in [2.75, 3.05) is 18.1 Å². The quantitative estimate of drug-likeness (QED) is 0.507. The van der Waals surface area contributed by atoms with Crippen LogP contribution in [0.25, 0.3) is 10.2 Å². The Balaban J connectivity index is 1.50. The molecule has 0 radical (unpaired) electrons. The summed E-state index contributed by atoms with van der Waals surface area (Å²) in [5.41, 5.74) is 1.94. The highest BCUT2D eigenvalue weighted by atomic mass is 35.5. The molecule has 2 heterocycles. The van der Waals surface area contributed by atoms with E-state index in [1.807, 2.05) is 0 Å².